The Hall–Kier alpha value is -1.51. The van der Waals surface area contributed by atoms with Gasteiger partial charge < -0.3 is 9.47 Å². The van der Waals surface area contributed by atoms with Crippen molar-refractivity contribution >= 4 is 5.97 Å². The van der Waals surface area contributed by atoms with Crippen molar-refractivity contribution in [2.24, 2.45) is 5.41 Å². The fourth-order valence-corrected chi connectivity index (χ4v) is 2.31. The fourth-order valence-electron chi connectivity index (χ4n) is 2.31. The lowest BCUT2D eigenvalue weighted by atomic mass is 9.84. The van der Waals surface area contributed by atoms with Gasteiger partial charge in [0.15, 0.2) is 6.61 Å². The standard InChI is InChI=1S/C16H24O3/c1-15(2,3)12-16(4,5)19-14(17)11-18-13-9-7-6-8-10-13/h6-10H,11-12H2,1-5H3. The van der Waals surface area contributed by atoms with Crippen molar-refractivity contribution in [1.82, 2.24) is 0 Å². The monoisotopic (exact) mass is 264 g/mol. The lowest BCUT2D eigenvalue weighted by Gasteiger charge is -2.32. The van der Waals surface area contributed by atoms with Gasteiger partial charge in [0.1, 0.15) is 11.4 Å². The van der Waals surface area contributed by atoms with Gasteiger partial charge >= 0.3 is 5.97 Å². The average molecular weight is 264 g/mol. The number of para-hydroxylation sites is 1. The summed E-state index contributed by atoms with van der Waals surface area (Å²) in [6.45, 7) is 10.2. The van der Waals surface area contributed by atoms with E-state index in [9.17, 15) is 4.79 Å². The van der Waals surface area contributed by atoms with Crippen molar-refractivity contribution in [3.63, 3.8) is 0 Å². The summed E-state index contributed by atoms with van der Waals surface area (Å²) in [5, 5.41) is 0. The second kappa shape index (κ2) is 6.09. The van der Waals surface area contributed by atoms with Gasteiger partial charge in [-0.05, 0) is 37.8 Å². The lowest BCUT2D eigenvalue weighted by Crippen LogP contribution is -2.34. The quantitative estimate of drug-likeness (QED) is 0.758. The van der Waals surface area contributed by atoms with Crippen LogP contribution in [-0.4, -0.2) is 18.2 Å². The maximum atomic E-state index is 11.8. The van der Waals surface area contributed by atoms with Crippen molar-refractivity contribution in [3.8, 4) is 5.75 Å². The first-order valence-electron chi connectivity index (χ1n) is 6.58. The second-order valence-electron chi connectivity index (χ2n) is 6.57. The van der Waals surface area contributed by atoms with E-state index in [1.807, 2.05) is 44.2 Å². The predicted octanol–water partition coefficient (Wildman–Crippen LogP) is 3.82. The second-order valence-corrected chi connectivity index (χ2v) is 6.57. The molecule has 0 spiro atoms. The number of carbonyl (C=O) groups excluding carboxylic acids is 1. The summed E-state index contributed by atoms with van der Waals surface area (Å²) in [6, 6.07) is 9.26. The molecule has 0 amide bonds. The normalized spacial score (nSPS) is 12.1. The number of esters is 1. The molecule has 3 heteroatoms. The molecule has 1 aromatic carbocycles. The first kappa shape index (κ1) is 15.5. The molecule has 0 atom stereocenters. The van der Waals surface area contributed by atoms with Crippen LogP contribution in [0, 0.1) is 5.41 Å². The molecule has 3 nitrogen and oxygen atoms in total. The molecule has 0 bridgehead atoms. The Bertz CT molecular complexity index is 402. The van der Waals surface area contributed by atoms with E-state index in [-0.39, 0.29) is 18.0 Å². The van der Waals surface area contributed by atoms with Crippen molar-refractivity contribution < 1.29 is 14.3 Å². The summed E-state index contributed by atoms with van der Waals surface area (Å²) >= 11 is 0. The highest BCUT2D eigenvalue weighted by molar-refractivity contribution is 5.71. The third-order valence-corrected chi connectivity index (χ3v) is 2.45. The number of hydrogen-bond acceptors (Lipinski definition) is 3. The van der Waals surface area contributed by atoms with Crippen LogP contribution >= 0.6 is 0 Å². The van der Waals surface area contributed by atoms with Crippen LogP contribution < -0.4 is 4.74 Å². The van der Waals surface area contributed by atoms with E-state index in [1.54, 1.807) is 0 Å². The van der Waals surface area contributed by atoms with Crippen LogP contribution in [0.15, 0.2) is 30.3 Å². The Morgan fingerprint density at radius 3 is 2.16 bits per heavy atom. The Labute approximate surface area is 115 Å². The van der Waals surface area contributed by atoms with Crippen molar-refractivity contribution in [2.45, 2.75) is 46.6 Å². The molecule has 0 aliphatic carbocycles. The van der Waals surface area contributed by atoms with Crippen LogP contribution in [0.5, 0.6) is 5.75 Å². The van der Waals surface area contributed by atoms with Crippen molar-refractivity contribution in [1.29, 1.82) is 0 Å². The van der Waals surface area contributed by atoms with E-state index in [0.29, 0.717) is 5.75 Å². The maximum Gasteiger partial charge on any atom is 0.344 e. The summed E-state index contributed by atoms with van der Waals surface area (Å²) in [7, 11) is 0. The van der Waals surface area contributed by atoms with Crippen LogP contribution in [-0.2, 0) is 9.53 Å². The molecule has 0 aliphatic rings. The summed E-state index contributed by atoms with van der Waals surface area (Å²) in [4.78, 5) is 11.8. The van der Waals surface area contributed by atoms with E-state index in [1.165, 1.54) is 0 Å². The van der Waals surface area contributed by atoms with E-state index >= 15 is 0 Å². The van der Waals surface area contributed by atoms with Gasteiger partial charge in [0.2, 0.25) is 0 Å². The van der Waals surface area contributed by atoms with Crippen LogP contribution in [0.25, 0.3) is 0 Å². The Morgan fingerprint density at radius 1 is 1.05 bits per heavy atom. The first-order chi connectivity index (χ1) is 8.68. The molecule has 0 fully saturated rings. The zero-order valence-corrected chi connectivity index (χ0v) is 12.5. The van der Waals surface area contributed by atoms with Crippen molar-refractivity contribution in [2.75, 3.05) is 6.61 Å². The maximum absolute atomic E-state index is 11.8. The summed E-state index contributed by atoms with van der Waals surface area (Å²) < 4.78 is 10.8. The minimum absolute atomic E-state index is 0.0580. The van der Waals surface area contributed by atoms with Crippen LogP contribution in [0.3, 0.4) is 0 Å². The smallest absolute Gasteiger partial charge is 0.344 e. The first-order valence-corrected chi connectivity index (χ1v) is 6.58. The summed E-state index contributed by atoms with van der Waals surface area (Å²) in [5.74, 6) is 0.339. The molecule has 0 N–H and O–H groups in total. The number of ether oxygens (including phenoxy) is 2. The molecule has 0 heterocycles. The van der Waals surface area contributed by atoms with Crippen molar-refractivity contribution in [3.05, 3.63) is 30.3 Å². The zero-order valence-electron chi connectivity index (χ0n) is 12.5. The molecule has 0 unspecified atom stereocenters. The highest BCUT2D eigenvalue weighted by atomic mass is 16.6. The van der Waals surface area contributed by atoms with Gasteiger partial charge in [0.25, 0.3) is 0 Å². The van der Waals surface area contributed by atoms with Crippen LogP contribution in [0.1, 0.15) is 41.0 Å². The predicted molar refractivity (Wildman–Crippen MR) is 76.2 cm³/mol. The Kier molecular flexibility index (Phi) is 4.98. The molecule has 0 saturated heterocycles. The molecule has 0 aromatic heterocycles. The zero-order chi connectivity index (χ0) is 14.5. The van der Waals surface area contributed by atoms with Gasteiger partial charge in [0, 0.05) is 0 Å². The fraction of sp³-hybridized carbons (Fsp3) is 0.562. The molecular weight excluding hydrogens is 240 g/mol. The van der Waals surface area contributed by atoms with Gasteiger partial charge in [0.05, 0.1) is 0 Å². The molecule has 0 aliphatic heterocycles. The van der Waals surface area contributed by atoms with E-state index < -0.39 is 5.60 Å². The SMILES string of the molecule is CC(C)(C)CC(C)(C)OC(=O)COc1ccccc1. The largest absolute Gasteiger partial charge is 0.482 e. The van der Waals surface area contributed by atoms with Gasteiger partial charge in [-0.25, -0.2) is 4.79 Å². The van der Waals surface area contributed by atoms with E-state index in [0.717, 1.165) is 6.42 Å². The highest BCUT2D eigenvalue weighted by Gasteiger charge is 2.29. The van der Waals surface area contributed by atoms with Gasteiger partial charge in [-0.15, -0.1) is 0 Å². The number of rotatable bonds is 5. The van der Waals surface area contributed by atoms with Gasteiger partial charge in [-0.1, -0.05) is 39.0 Å². The molecular formula is C16H24O3. The summed E-state index contributed by atoms with van der Waals surface area (Å²) in [5.41, 5.74) is -0.362. The molecule has 1 aromatic rings. The Balaban J connectivity index is 2.43. The summed E-state index contributed by atoms with van der Waals surface area (Å²) in [6.07, 6.45) is 0.803. The number of carbonyl (C=O) groups is 1. The molecule has 19 heavy (non-hydrogen) atoms. The van der Waals surface area contributed by atoms with Gasteiger partial charge in [-0.2, -0.15) is 0 Å². The number of hydrogen-bond donors (Lipinski definition) is 0. The van der Waals surface area contributed by atoms with Gasteiger partial charge in [-0.3, -0.25) is 0 Å². The third-order valence-electron chi connectivity index (χ3n) is 2.45. The lowest BCUT2D eigenvalue weighted by molar-refractivity contribution is -0.161. The minimum atomic E-state index is -0.477. The minimum Gasteiger partial charge on any atom is -0.482 e. The topological polar surface area (TPSA) is 35.5 Å². The Morgan fingerprint density at radius 2 is 1.63 bits per heavy atom. The number of benzene rings is 1. The van der Waals surface area contributed by atoms with Crippen LogP contribution in [0.2, 0.25) is 0 Å². The molecule has 0 saturated carbocycles. The van der Waals surface area contributed by atoms with Crippen LogP contribution in [0.4, 0.5) is 0 Å². The third kappa shape index (κ3) is 6.85. The molecule has 106 valence electrons. The van der Waals surface area contributed by atoms with E-state index in [4.69, 9.17) is 9.47 Å². The van der Waals surface area contributed by atoms with E-state index in [2.05, 4.69) is 20.8 Å². The molecule has 0 radical (unpaired) electrons. The average Bonchev–Trinajstić information content (AvgIpc) is 2.23. The highest BCUT2D eigenvalue weighted by Crippen LogP contribution is 2.29. The molecule has 1 rings (SSSR count).